The third kappa shape index (κ3) is 3.74. The van der Waals surface area contributed by atoms with Gasteiger partial charge in [0.2, 0.25) is 0 Å². The Hall–Kier alpha value is -1.01. The van der Waals surface area contributed by atoms with Crippen LogP contribution in [0.1, 0.15) is 0 Å². The molecule has 1 fully saturated rings. The monoisotopic (exact) mass is 276 g/mol. The smallest absolute Gasteiger partial charge is 0.327 e. The molecule has 0 saturated carbocycles. The highest BCUT2D eigenvalue weighted by Crippen LogP contribution is 2.06. The van der Waals surface area contributed by atoms with Gasteiger partial charge in [-0.3, -0.25) is 4.90 Å². The lowest BCUT2D eigenvalue weighted by Gasteiger charge is -2.36. The van der Waals surface area contributed by atoms with Gasteiger partial charge < -0.3 is 9.80 Å². The van der Waals surface area contributed by atoms with Crippen LogP contribution in [0.2, 0.25) is 0 Å². The number of nitrogens with zero attached hydrogens (tertiary/aromatic N) is 4. The van der Waals surface area contributed by atoms with Crippen LogP contribution in [-0.2, 0) is 0 Å². The van der Waals surface area contributed by atoms with E-state index in [1.54, 1.807) is 19.0 Å². The first kappa shape index (κ1) is 15.0. The normalized spacial score (nSPS) is 16.6. The van der Waals surface area contributed by atoms with Crippen molar-refractivity contribution in [2.75, 3.05) is 59.7 Å². The van der Waals surface area contributed by atoms with E-state index in [-0.39, 0.29) is 12.1 Å². The lowest BCUT2D eigenvalue weighted by Crippen LogP contribution is -2.54. The van der Waals surface area contributed by atoms with Crippen molar-refractivity contribution in [1.29, 1.82) is 0 Å². The summed E-state index contributed by atoms with van der Waals surface area (Å²) in [6, 6.07) is -0.539. The summed E-state index contributed by atoms with van der Waals surface area (Å²) in [5.74, 6) is 0.604. The van der Waals surface area contributed by atoms with Gasteiger partial charge in [-0.15, -0.1) is 11.6 Å². The molecule has 0 aliphatic carbocycles. The maximum Gasteiger partial charge on any atom is 0.327 e. The van der Waals surface area contributed by atoms with E-state index >= 15 is 0 Å². The molecule has 1 heterocycles. The quantitative estimate of drug-likeness (QED) is 0.693. The molecule has 6 nitrogen and oxygen atoms in total. The molecule has 0 radical (unpaired) electrons. The molecule has 1 saturated heterocycles. The van der Waals surface area contributed by atoms with Crippen molar-refractivity contribution in [3.63, 3.8) is 0 Å². The third-order valence-electron chi connectivity index (χ3n) is 3.00. The molecule has 0 aromatic heterocycles. The topological polar surface area (TPSA) is 47.1 Å². The van der Waals surface area contributed by atoms with Gasteiger partial charge in [0.25, 0.3) is 0 Å². The Labute approximate surface area is 113 Å². The van der Waals surface area contributed by atoms with Crippen molar-refractivity contribution in [3.05, 3.63) is 0 Å². The molecule has 1 rings (SSSR count). The Morgan fingerprint density at radius 2 is 1.67 bits per heavy atom. The van der Waals surface area contributed by atoms with Gasteiger partial charge in [0, 0.05) is 59.7 Å². The maximum atomic E-state index is 12.1. The highest BCUT2D eigenvalue weighted by atomic mass is 35.5. The lowest BCUT2D eigenvalue weighted by molar-refractivity contribution is 0.120. The minimum atomic E-state index is -0.303. The van der Waals surface area contributed by atoms with Crippen LogP contribution in [0.4, 0.5) is 9.59 Å². The zero-order valence-corrected chi connectivity index (χ0v) is 12.0. The molecule has 7 heteroatoms. The fourth-order valence-electron chi connectivity index (χ4n) is 1.88. The molecular formula is C11H21ClN4O2. The van der Waals surface area contributed by atoms with E-state index in [1.165, 1.54) is 11.9 Å². The summed E-state index contributed by atoms with van der Waals surface area (Å²) in [4.78, 5) is 30.2. The molecule has 0 N–H and O–H groups in total. The van der Waals surface area contributed by atoms with E-state index in [0.717, 1.165) is 24.5 Å². The number of halogens is 1. The van der Waals surface area contributed by atoms with E-state index in [9.17, 15) is 9.59 Å². The second kappa shape index (κ2) is 6.80. The molecule has 4 amide bonds. The number of carbonyl (C=O) groups is 2. The second-order valence-electron chi connectivity index (χ2n) is 4.54. The Kier molecular flexibility index (Phi) is 5.68. The zero-order chi connectivity index (χ0) is 13.7. The molecule has 0 aromatic rings. The number of imide groups is 1. The Morgan fingerprint density at radius 1 is 1.11 bits per heavy atom. The number of rotatable bonds is 2. The first-order valence-corrected chi connectivity index (χ1v) is 6.53. The largest absolute Gasteiger partial charge is 0.330 e. The highest BCUT2D eigenvalue weighted by Gasteiger charge is 2.26. The van der Waals surface area contributed by atoms with Crippen molar-refractivity contribution in [2.24, 2.45) is 0 Å². The average molecular weight is 277 g/mol. The lowest BCUT2D eigenvalue weighted by atomic mass is 10.3. The standard InChI is InChI=1S/C11H21ClN4O2/c1-13(2)10(17)14(3)11(18)16-8-6-15(5-4-12)7-9-16/h4-9H2,1-3H3. The Bertz CT molecular complexity index is 303. The van der Waals surface area contributed by atoms with Crippen molar-refractivity contribution in [1.82, 2.24) is 19.6 Å². The van der Waals surface area contributed by atoms with Crippen LogP contribution in [0, 0.1) is 0 Å². The second-order valence-corrected chi connectivity index (χ2v) is 4.91. The van der Waals surface area contributed by atoms with Gasteiger partial charge in [-0.2, -0.15) is 0 Å². The van der Waals surface area contributed by atoms with Crippen LogP contribution in [0.25, 0.3) is 0 Å². The third-order valence-corrected chi connectivity index (χ3v) is 3.17. The maximum absolute atomic E-state index is 12.1. The number of hydrogen-bond donors (Lipinski definition) is 0. The predicted octanol–water partition coefficient (Wildman–Crippen LogP) is 0.576. The molecule has 1 aliphatic heterocycles. The van der Waals surface area contributed by atoms with Crippen LogP contribution in [0.15, 0.2) is 0 Å². The van der Waals surface area contributed by atoms with E-state index in [1.807, 2.05) is 0 Å². The SMILES string of the molecule is CN(C)C(=O)N(C)C(=O)N1CCN(CCCl)CC1. The zero-order valence-electron chi connectivity index (χ0n) is 11.2. The summed E-state index contributed by atoms with van der Waals surface area (Å²) in [6.45, 7) is 3.74. The van der Waals surface area contributed by atoms with E-state index < -0.39 is 0 Å². The molecule has 0 atom stereocenters. The predicted molar refractivity (Wildman–Crippen MR) is 71.0 cm³/mol. The number of carbonyl (C=O) groups excluding carboxylic acids is 2. The fourth-order valence-corrected chi connectivity index (χ4v) is 2.12. The number of piperazine rings is 1. The van der Waals surface area contributed by atoms with Crippen molar-refractivity contribution in [2.45, 2.75) is 0 Å². The van der Waals surface area contributed by atoms with Gasteiger partial charge in [0.05, 0.1) is 0 Å². The molecule has 18 heavy (non-hydrogen) atoms. The minimum Gasteiger partial charge on any atom is -0.330 e. The van der Waals surface area contributed by atoms with Crippen molar-refractivity contribution >= 4 is 23.7 Å². The number of urea groups is 2. The van der Waals surface area contributed by atoms with Crippen LogP contribution in [-0.4, -0.2) is 91.4 Å². The minimum absolute atomic E-state index is 0.237. The summed E-state index contributed by atoms with van der Waals surface area (Å²) in [6.07, 6.45) is 0. The Balaban J connectivity index is 2.47. The van der Waals surface area contributed by atoms with Gasteiger partial charge in [0.1, 0.15) is 0 Å². The van der Waals surface area contributed by atoms with Gasteiger partial charge in [-0.05, 0) is 0 Å². The van der Waals surface area contributed by atoms with Crippen LogP contribution in [0.5, 0.6) is 0 Å². The van der Waals surface area contributed by atoms with E-state index in [4.69, 9.17) is 11.6 Å². The summed E-state index contributed by atoms with van der Waals surface area (Å²) in [5.41, 5.74) is 0. The van der Waals surface area contributed by atoms with Gasteiger partial charge in [-0.25, -0.2) is 14.5 Å². The summed E-state index contributed by atoms with van der Waals surface area (Å²) >= 11 is 5.68. The van der Waals surface area contributed by atoms with Gasteiger partial charge in [-0.1, -0.05) is 0 Å². The van der Waals surface area contributed by atoms with Crippen molar-refractivity contribution in [3.8, 4) is 0 Å². The first-order chi connectivity index (χ1) is 8.47. The first-order valence-electron chi connectivity index (χ1n) is 5.99. The summed E-state index contributed by atoms with van der Waals surface area (Å²) in [5, 5.41) is 0. The van der Waals surface area contributed by atoms with Gasteiger partial charge in [0.15, 0.2) is 0 Å². The fraction of sp³-hybridized carbons (Fsp3) is 0.818. The van der Waals surface area contributed by atoms with Crippen molar-refractivity contribution < 1.29 is 9.59 Å². The highest BCUT2D eigenvalue weighted by molar-refractivity contribution is 6.18. The molecule has 0 unspecified atom stereocenters. The molecule has 0 bridgehead atoms. The van der Waals surface area contributed by atoms with E-state index in [2.05, 4.69) is 4.90 Å². The van der Waals surface area contributed by atoms with Gasteiger partial charge >= 0.3 is 12.1 Å². The summed E-state index contributed by atoms with van der Waals surface area (Å²) in [7, 11) is 4.77. The molecule has 0 aromatic carbocycles. The van der Waals surface area contributed by atoms with Crippen LogP contribution >= 0.6 is 11.6 Å². The number of amides is 4. The van der Waals surface area contributed by atoms with Crippen LogP contribution in [0.3, 0.4) is 0 Å². The van der Waals surface area contributed by atoms with E-state index in [0.29, 0.717) is 19.0 Å². The molecule has 1 aliphatic rings. The number of hydrogen-bond acceptors (Lipinski definition) is 3. The molecular weight excluding hydrogens is 256 g/mol. The van der Waals surface area contributed by atoms with Crippen LogP contribution < -0.4 is 0 Å². The summed E-state index contributed by atoms with van der Waals surface area (Å²) < 4.78 is 0. The Morgan fingerprint density at radius 3 is 2.11 bits per heavy atom. The number of alkyl halides is 1. The molecule has 104 valence electrons. The molecule has 0 spiro atoms. The average Bonchev–Trinajstić information content (AvgIpc) is 2.37.